The number of carboxylic acid groups (broad SMARTS) is 1. The number of carboxylic acids is 1. The standard InChI is InChI=1S/C12H11NO4S/c1-16-9-5-7(3-4-11(9)18-2)8-6-10(12(14)15)17-13-8/h3-6H,1-2H3,(H,14,15). The summed E-state index contributed by atoms with van der Waals surface area (Å²) in [7, 11) is 1.59. The Morgan fingerprint density at radius 3 is 2.78 bits per heavy atom. The smallest absolute Gasteiger partial charge is 0.374 e. The van der Waals surface area contributed by atoms with Gasteiger partial charge in [0.05, 0.1) is 7.11 Å². The second-order valence-electron chi connectivity index (χ2n) is 3.45. The van der Waals surface area contributed by atoms with E-state index in [1.165, 1.54) is 6.07 Å². The molecule has 0 saturated carbocycles. The van der Waals surface area contributed by atoms with Crippen LogP contribution in [0.4, 0.5) is 0 Å². The van der Waals surface area contributed by atoms with Crippen LogP contribution >= 0.6 is 11.8 Å². The van der Waals surface area contributed by atoms with Crippen molar-refractivity contribution in [2.24, 2.45) is 0 Å². The molecule has 0 spiro atoms. The van der Waals surface area contributed by atoms with Crippen molar-refractivity contribution in [2.75, 3.05) is 13.4 Å². The van der Waals surface area contributed by atoms with Crippen molar-refractivity contribution in [1.29, 1.82) is 0 Å². The highest BCUT2D eigenvalue weighted by Crippen LogP contribution is 2.32. The maximum absolute atomic E-state index is 10.7. The van der Waals surface area contributed by atoms with Crippen LogP contribution < -0.4 is 4.74 Å². The van der Waals surface area contributed by atoms with Gasteiger partial charge in [-0.2, -0.15) is 0 Å². The third kappa shape index (κ3) is 2.33. The van der Waals surface area contributed by atoms with Crippen molar-refractivity contribution in [3.63, 3.8) is 0 Å². The molecule has 1 N–H and O–H groups in total. The Morgan fingerprint density at radius 1 is 1.44 bits per heavy atom. The zero-order chi connectivity index (χ0) is 13.1. The predicted octanol–water partition coefficient (Wildman–Crippen LogP) is 2.77. The number of aromatic carboxylic acids is 1. The molecule has 1 aromatic carbocycles. The van der Waals surface area contributed by atoms with E-state index in [1.54, 1.807) is 24.9 Å². The molecule has 0 fully saturated rings. The molecule has 94 valence electrons. The molecule has 1 aromatic heterocycles. The molecule has 0 radical (unpaired) electrons. The lowest BCUT2D eigenvalue weighted by Gasteiger charge is -2.06. The van der Waals surface area contributed by atoms with Gasteiger partial charge in [0.25, 0.3) is 0 Å². The van der Waals surface area contributed by atoms with Gasteiger partial charge in [-0.3, -0.25) is 0 Å². The van der Waals surface area contributed by atoms with Crippen molar-refractivity contribution in [3.05, 3.63) is 30.0 Å². The van der Waals surface area contributed by atoms with Crippen molar-refractivity contribution in [2.45, 2.75) is 4.90 Å². The van der Waals surface area contributed by atoms with E-state index in [0.717, 1.165) is 16.2 Å². The lowest BCUT2D eigenvalue weighted by molar-refractivity contribution is 0.0652. The summed E-state index contributed by atoms with van der Waals surface area (Å²) in [5.41, 5.74) is 1.22. The molecule has 2 aromatic rings. The van der Waals surface area contributed by atoms with Gasteiger partial charge in [0.2, 0.25) is 5.76 Å². The first kappa shape index (κ1) is 12.5. The maximum Gasteiger partial charge on any atom is 0.374 e. The fourth-order valence-corrected chi connectivity index (χ4v) is 2.06. The second kappa shape index (κ2) is 5.14. The fraction of sp³-hybridized carbons (Fsp3) is 0.167. The summed E-state index contributed by atoms with van der Waals surface area (Å²) in [5, 5.41) is 12.5. The van der Waals surface area contributed by atoms with Crippen LogP contribution in [0.2, 0.25) is 0 Å². The van der Waals surface area contributed by atoms with Gasteiger partial charge in [-0.15, -0.1) is 11.8 Å². The molecular formula is C12H11NO4S. The Bertz CT molecular complexity index is 579. The summed E-state index contributed by atoms with van der Waals surface area (Å²) in [5.74, 6) is -0.598. The average Bonchev–Trinajstić information content (AvgIpc) is 2.87. The van der Waals surface area contributed by atoms with Crippen molar-refractivity contribution < 1.29 is 19.2 Å². The van der Waals surface area contributed by atoms with E-state index in [2.05, 4.69) is 5.16 Å². The molecule has 0 saturated heterocycles. The average molecular weight is 265 g/mol. The Kier molecular flexibility index (Phi) is 3.57. The van der Waals surface area contributed by atoms with E-state index in [1.807, 2.05) is 18.4 Å². The van der Waals surface area contributed by atoms with Crippen molar-refractivity contribution >= 4 is 17.7 Å². The Labute approximate surface area is 108 Å². The highest BCUT2D eigenvalue weighted by Gasteiger charge is 2.13. The van der Waals surface area contributed by atoms with Crippen LogP contribution in [0.25, 0.3) is 11.3 Å². The third-order valence-electron chi connectivity index (χ3n) is 2.40. The number of rotatable bonds is 4. The molecule has 1 heterocycles. The van der Waals surface area contributed by atoms with E-state index < -0.39 is 5.97 Å². The van der Waals surface area contributed by atoms with Crippen LogP contribution in [0, 0.1) is 0 Å². The molecule has 0 bridgehead atoms. The van der Waals surface area contributed by atoms with E-state index >= 15 is 0 Å². The highest BCUT2D eigenvalue weighted by atomic mass is 32.2. The number of methoxy groups -OCH3 is 1. The Balaban J connectivity index is 2.41. The van der Waals surface area contributed by atoms with Crippen molar-refractivity contribution in [3.8, 4) is 17.0 Å². The minimum absolute atomic E-state index is 0.182. The first-order chi connectivity index (χ1) is 8.65. The second-order valence-corrected chi connectivity index (χ2v) is 4.30. The molecule has 0 atom stereocenters. The van der Waals surface area contributed by atoms with E-state index in [9.17, 15) is 4.79 Å². The zero-order valence-corrected chi connectivity index (χ0v) is 10.7. The van der Waals surface area contributed by atoms with Gasteiger partial charge >= 0.3 is 5.97 Å². The largest absolute Gasteiger partial charge is 0.496 e. The van der Waals surface area contributed by atoms with Crippen LogP contribution in [0.3, 0.4) is 0 Å². The summed E-state index contributed by atoms with van der Waals surface area (Å²) in [4.78, 5) is 11.7. The molecular weight excluding hydrogens is 254 g/mol. The van der Waals surface area contributed by atoms with Gasteiger partial charge in [-0.05, 0) is 18.4 Å². The SMILES string of the molecule is COc1cc(-c2cc(C(=O)O)on2)ccc1SC. The van der Waals surface area contributed by atoms with Gasteiger partial charge in [-0.1, -0.05) is 11.2 Å². The summed E-state index contributed by atoms with van der Waals surface area (Å²) >= 11 is 1.57. The first-order valence-corrected chi connectivity index (χ1v) is 6.30. The van der Waals surface area contributed by atoms with E-state index in [4.69, 9.17) is 14.4 Å². The number of ether oxygens (including phenoxy) is 1. The van der Waals surface area contributed by atoms with Crippen LogP contribution in [-0.4, -0.2) is 29.6 Å². The third-order valence-corrected chi connectivity index (χ3v) is 3.18. The molecule has 2 rings (SSSR count). The molecule has 18 heavy (non-hydrogen) atoms. The van der Waals surface area contributed by atoms with Gasteiger partial charge in [-0.25, -0.2) is 4.79 Å². The maximum atomic E-state index is 10.7. The quantitative estimate of drug-likeness (QED) is 0.857. The van der Waals surface area contributed by atoms with E-state index in [-0.39, 0.29) is 5.76 Å². The molecule has 0 amide bonds. The number of benzene rings is 1. The Hall–Kier alpha value is -1.95. The minimum Gasteiger partial charge on any atom is -0.496 e. The number of hydrogen-bond acceptors (Lipinski definition) is 5. The van der Waals surface area contributed by atoms with Gasteiger partial charge in [0.15, 0.2) is 0 Å². The molecule has 0 aliphatic carbocycles. The number of aromatic nitrogens is 1. The molecule has 5 nitrogen and oxygen atoms in total. The Morgan fingerprint density at radius 2 is 2.22 bits per heavy atom. The summed E-state index contributed by atoms with van der Waals surface area (Å²) in [6, 6.07) is 6.93. The molecule has 0 aliphatic heterocycles. The predicted molar refractivity (Wildman–Crippen MR) is 67.2 cm³/mol. The number of hydrogen-bond donors (Lipinski definition) is 1. The van der Waals surface area contributed by atoms with Crippen LogP contribution in [0.15, 0.2) is 33.7 Å². The minimum atomic E-state index is -1.14. The lowest BCUT2D eigenvalue weighted by Crippen LogP contribution is -1.91. The zero-order valence-electron chi connectivity index (χ0n) is 9.84. The normalized spacial score (nSPS) is 10.3. The van der Waals surface area contributed by atoms with Gasteiger partial charge < -0.3 is 14.4 Å². The summed E-state index contributed by atoms with van der Waals surface area (Å²) in [6.07, 6.45) is 1.95. The molecule has 0 unspecified atom stereocenters. The number of nitrogens with zero attached hydrogens (tertiary/aromatic N) is 1. The first-order valence-electron chi connectivity index (χ1n) is 5.08. The van der Waals surface area contributed by atoms with Gasteiger partial charge in [0.1, 0.15) is 11.4 Å². The topological polar surface area (TPSA) is 72.6 Å². The lowest BCUT2D eigenvalue weighted by atomic mass is 10.1. The fourth-order valence-electron chi connectivity index (χ4n) is 1.51. The summed E-state index contributed by atoms with van der Waals surface area (Å²) < 4.78 is 9.97. The number of carbonyl (C=O) groups is 1. The van der Waals surface area contributed by atoms with E-state index in [0.29, 0.717) is 5.69 Å². The molecule has 6 heteroatoms. The highest BCUT2D eigenvalue weighted by molar-refractivity contribution is 7.98. The molecule has 0 aliphatic rings. The number of thioether (sulfide) groups is 1. The van der Waals surface area contributed by atoms with Crippen LogP contribution in [-0.2, 0) is 0 Å². The van der Waals surface area contributed by atoms with Crippen LogP contribution in [0.5, 0.6) is 5.75 Å². The van der Waals surface area contributed by atoms with Crippen molar-refractivity contribution in [1.82, 2.24) is 5.16 Å². The summed E-state index contributed by atoms with van der Waals surface area (Å²) in [6.45, 7) is 0. The monoisotopic (exact) mass is 265 g/mol. The van der Waals surface area contributed by atoms with Crippen LogP contribution in [0.1, 0.15) is 10.6 Å². The van der Waals surface area contributed by atoms with Gasteiger partial charge in [0, 0.05) is 16.5 Å².